The number of hydrogen-bond acceptors (Lipinski definition) is 6. The molecular formula is C8H6N2O4S. The number of thiophene rings is 1. The fourth-order valence-electron chi connectivity index (χ4n) is 1.04. The van der Waals surface area contributed by atoms with E-state index in [4.69, 9.17) is 9.84 Å². The Bertz CT molecular complexity index is 510. The van der Waals surface area contributed by atoms with Crippen molar-refractivity contribution in [3.05, 3.63) is 11.4 Å². The first-order valence-electron chi connectivity index (χ1n) is 3.90. The molecule has 0 amide bonds. The van der Waals surface area contributed by atoms with Crippen molar-refractivity contribution >= 4 is 27.8 Å². The highest BCUT2D eigenvalue weighted by Crippen LogP contribution is 2.27. The predicted molar refractivity (Wildman–Crippen MR) is 52.6 cm³/mol. The molecule has 6 nitrogen and oxygen atoms in total. The Morgan fingerprint density at radius 2 is 2.27 bits per heavy atom. The Labute approximate surface area is 88.1 Å². The van der Waals surface area contributed by atoms with Gasteiger partial charge in [0, 0.05) is 0 Å². The first kappa shape index (κ1) is 9.66. The van der Waals surface area contributed by atoms with Gasteiger partial charge in [0.25, 0.3) is 11.8 Å². The van der Waals surface area contributed by atoms with Crippen LogP contribution in [0.5, 0.6) is 11.8 Å². The van der Waals surface area contributed by atoms with E-state index in [0.29, 0.717) is 10.3 Å². The lowest BCUT2D eigenvalue weighted by atomic mass is 10.5. The summed E-state index contributed by atoms with van der Waals surface area (Å²) >= 11 is 1.39. The Kier molecular flexibility index (Phi) is 2.38. The second kappa shape index (κ2) is 3.70. The Morgan fingerprint density at radius 3 is 2.93 bits per heavy atom. The van der Waals surface area contributed by atoms with Gasteiger partial charge in [-0.15, -0.1) is 11.3 Å². The minimum Gasteiger partial charge on any atom is -0.477 e. The van der Waals surface area contributed by atoms with Crippen molar-refractivity contribution in [2.75, 3.05) is 7.11 Å². The van der Waals surface area contributed by atoms with E-state index in [1.54, 1.807) is 11.4 Å². The smallest absolute Gasteiger partial charge is 0.477 e. The van der Waals surface area contributed by atoms with Crippen molar-refractivity contribution in [2.24, 2.45) is 0 Å². The van der Waals surface area contributed by atoms with Gasteiger partial charge in [0.2, 0.25) is 0 Å². The molecule has 2 aromatic rings. The average molecular weight is 226 g/mol. The molecular weight excluding hydrogens is 220 g/mol. The van der Waals surface area contributed by atoms with E-state index in [2.05, 4.69) is 14.7 Å². The summed E-state index contributed by atoms with van der Waals surface area (Å²) in [6.45, 7) is 0. The van der Waals surface area contributed by atoms with Gasteiger partial charge in [-0.25, -0.2) is 9.78 Å². The zero-order valence-electron chi connectivity index (χ0n) is 7.63. The minimum absolute atomic E-state index is 0.0624. The first-order chi connectivity index (χ1) is 7.20. The maximum absolute atomic E-state index is 10.4. The van der Waals surface area contributed by atoms with Crippen LogP contribution in [0.1, 0.15) is 0 Å². The normalized spacial score (nSPS) is 10.2. The second-order valence-corrected chi connectivity index (χ2v) is 3.41. The summed E-state index contributed by atoms with van der Waals surface area (Å²) in [6.07, 6.45) is -1.45. The largest absolute Gasteiger partial charge is 0.512 e. The van der Waals surface area contributed by atoms with Crippen molar-refractivity contribution in [3.63, 3.8) is 0 Å². The molecule has 7 heteroatoms. The van der Waals surface area contributed by atoms with E-state index in [1.807, 2.05) is 0 Å². The summed E-state index contributed by atoms with van der Waals surface area (Å²) in [5, 5.41) is 10.3. The van der Waals surface area contributed by atoms with E-state index >= 15 is 0 Å². The lowest BCUT2D eigenvalue weighted by molar-refractivity contribution is 0.140. The molecule has 0 aromatic carbocycles. The molecule has 78 valence electrons. The lowest BCUT2D eigenvalue weighted by Gasteiger charge is -2.03. The third-order valence-electron chi connectivity index (χ3n) is 1.61. The van der Waals surface area contributed by atoms with E-state index in [-0.39, 0.29) is 11.8 Å². The molecule has 0 aliphatic heterocycles. The number of methoxy groups -OCH3 is 1. The monoisotopic (exact) mass is 226 g/mol. The Morgan fingerprint density at radius 1 is 1.47 bits per heavy atom. The molecule has 2 rings (SSSR count). The lowest BCUT2D eigenvalue weighted by Crippen LogP contribution is -2.06. The molecule has 0 aliphatic carbocycles. The van der Waals surface area contributed by atoms with Crippen molar-refractivity contribution < 1.29 is 19.4 Å². The Hall–Kier alpha value is -1.89. The number of carbonyl (C=O) groups is 1. The number of nitrogens with zero attached hydrogens (tertiary/aromatic N) is 2. The summed E-state index contributed by atoms with van der Waals surface area (Å²) in [5.41, 5.74) is 0.581. The van der Waals surface area contributed by atoms with Gasteiger partial charge in [-0.2, -0.15) is 4.98 Å². The SMILES string of the molecule is COc1nc2sccc2nc1OC(=O)O. The molecule has 0 fully saturated rings. The number of carboxylic acid groups (broad SMARTS) is 1. The molecule has 0 atom stereocenters. The van der Waals surface area contributed by atoms with E-state index in [9.17, 15) is 4.79 Å². The third-order valence-corrected chi connectivity index (χ3v) is 2.41. The topological polar surface area (TPSA) is 81.5 Å². The highest BCUT2D eigenvalue weighted by molar-refractivity contribution is 7.16. The zero-order valence-corrected chi connectivity index (χ0v) is 8.45. The molecule has 0 bridgehead atoms. The summed E-state index contributed by atoms with van der Waals surface area (Å²) in [5.74, 6) is -0.0803. The zero-order chi connectivity index (χ0) is 10.8. The van der Waals surface area contributed by atoms with Crippen molar-refractivity contribution in [3.8, 4) is 11.8 Å². The minimum atomic E-state index is -1.45. The summed E-state index contributed by atoms with van der Waals surface area (Å²) in [4.78, 5) is 19.1. The van der Waals surface area contributed by atoms with Crippen LogP contribution in [0.15, 0.2) is 11.4 Å². The molecule has 0 unspecified atom stereocenters. The molecule has 15 heavy (non-hydrogen) atoms. The average Bonchev–Trinajstić information content (AvgIpc) is 2.62. The van der Waals surface area contributed by atoms with Gasteiger partial charge in [0.15, 0.2) is 0 Å². The first-order valence-corrected chi connectivity index (χ1v) is 4.78. The van der Waals surface area contributed by atoms with Crippen molar-refractivity contribution in [1.29, 1.82) is 0 Å². The van der Waals surface area contributed by atoms with Crippen molar-refractivity contribution in [1.82, 2.24) is 9.97 Å². The highest BCUT2D eigenvalue weighted by Gasteiger charge is 2.14. The van der Waals surface area contributed by atoms with Crippen LogP contribution >= 0.6 is 11.3 Å². The van der Waals surface area contributed by atoms with Gasteiger partial charge in [0.1, 0.15) is 10.3 Å². The standard InChI is InChI=1S/C8H6N2O4S/c1-13-5-6(14-8(11)12)9-4-2-3-15-7(4)10-5/h2-3H,1H3,(H,11,12). The molecule has 0 spiro atoms. The van der Waals surface area contributed by atoms with Gasteiger partial charge < -0.3 is 14.6 Å². The van der Waals surface area contributed by atoms with Crippen molar-refractivity contribution in [2.45, 2.75) is 0 Å². The number of fused-ring (bicyclic) bond motifs is 1. The van der Waals surface area contributed by atoms with Gasteiger partial charge in [0.05, 0.1) is 7.11 Å². The van der Waals surface area contributed by atoms with E-state index in [1.165, 1.54) is 18.4 Å². The summed E-state index contributed by atoms with van der Waals surface area (Å²) in [7, 11) is 1.37. The summed E-state index contributed by atoms with van der Waals surface area (Å²) < 4.78 is 9.30. The van der Waals surface area contributed by atoms with Gasteiger partial charge in [-0.05, 0) is 11.4 Å². The molecule has 0 saturated carbocycles. The van der Waals surface area contributed by atoms with Crippen LogP contribution in [0.4, 0.5) is 4.79 Å². The molecule has 2 aromatic heterocycles. The highest BCUT2D eigenvalue weighted by atomic mass is 32.1. The fraction of sp³-hybridized carbons (Fsp3) is 0.125. The number of hydrogen-bond donors (Lipinski definition) is 1. The van der Waals surface area contributed by atoms with Crippen LogP contribution < -0.4 is 9.47 Å². The van der Waals surface area contributed by atoms with E-state index < -0.39 is 6.16 Å². The van der Waals surface area contributed by atoms with Crippen LogP contribution in [0.2, 0.25) is 0 Å². The Balaban J connectivity index is 2.54. The number of aromatic nitrogens is 2. The van der Waals surface area contributed by atoms with Crippen LogP contribution in [0, 0.1) is 0 Å². The second-order valence-electron chi connectivity index (χ2n) is 2.52. The maximum atomic E-state index is 10.4. The van der Waals surface area contributed by atoms with Crippen LogP contribution in [-0.4, -0.2) is 28.3 Å². The fourth-order valence-corrected chi connectivity index (χ4v) is 1.74. The van der Waals surface area contributed by atoms with Crippen LogP contribution in [0.3, 0.4) is 0 Å². The van der Waals surface area contributed by atoms with Gasteiger partial charge in [-0.1, -0.05) is 0 Å². The maximum Gasteiger partial charge on any atom is 0.512 e. The van der Waals surface area contributed by atoms with Crippen LogP contribution in [0.25, 0.3) is 10.3 Å². The van der Waals surface area contributed by atoms with Crippen LogP contribution in [-0.2, 0) is 0 Å². The summed E-state index contributed by atoms with van der Waals surface area (Å²) in [6, 6.07) is 1.72. The molecule has 1 N–H and O–H groups in total. The number of rotatable bonds is 2. The number of ether oxygens (including phenoxy) is 2. The molecule has 2 heterocycles. The third kappa shape index (κ3) is 1.82. The molecule has 0 aliphatic rings. The quantitative estimate of drug-likeness (QED) is 0.785. The molecule has 0 saturated heterocycles. The van der Waals surface area contributed by atoms with Gasteiger partial charge in [-0.3, -0.25) is 0 Å². The van der Waals surface area contributed by atoms with Gasteiger partial charge >= 0.3 is 6.16 Å². The molecule has 0 radical (unpaired) electrons. The van der Waals surface area contributed by atoms with E-state index in [0.717, 1.165) is 0 Å². The predicted octanol–water partition coefficient (Wildman–Crippen LogP) is 1.76.